The highest BCUT2D eigenvalue weighted by atomic mass is 32.2. The molecule has 0 radical (unpaired) electrons. The molecule has 0 atom stereocenters. The molecule has 0 spiro atoms. The van der Waals surface area contributed by atoms with Crippen molar-refractivity contribution in [1.82, 2.24) is 4.72 Å². The lowest BCUT2D eigenvalue weighted by Gasteiger charge is -2.23. The number of sulfonamides is 1. The van der Waals surface area contributed by atoms with Crippen molar-refractivity contribution < 1.29 is 13.5 Å². The van der Waals surface area contributed by atoms with Crippen LogP contribution in [0.25, 0.3) is 0 Å². The summed E-state index contributed by atoms with van der Waals surface area (Å²) in [4.78, 5) is 0.931. The number of aliphatic hydroxyl groups is 1. The Morgan fingerprint density at radius 2 is 2.11 bits per heavy atom. The Balaban J connectivity index is 2.03. The Morgan fingerprint density at radius 1 is 1.44 bits per heavy atom. The minimum atomic E-state index is -3.43. The van der Waals surface area contributed by atoms with E-state index in [1.165, 1.54) is 30.2 Å². The number of rotatable bonds is 5. The molecule has 0 aliphatic heterocycles. The first-order valence-corrected chi connectivity index (χ1v) is 8.49. The fourth-order valence-corrected chi connectivity index (χ4v) is 4.68. The second-order valence-corrected chi connectivity index (χ2v) is 8.01. The van der Waals surface area contributed by atoms with Crippen LogP contribution >= 0.6 is 11.3 Å². The van der Waals surface area contributed by atoms with Crippen LogP contribution < -0.4 is 4.72 Å². The molecule has 0 unspecified atom stereocenters. The fourth-order valence-electron chi connectivity index (χ4n) is 2.34. The summed E-state index contributed by atoms with van der Waals surface area (Å²) in [5.74, 6) is 0. The zero-order valence-corrected chi connectivity index (χ0v) is 12.1. The lowest BCUT2D eigenvalue weighted by molar-refractivity contribution is 0.285. The largest absolute Gasteiger partial charge is 0.391 e. The van der Waals surface area contributed by atoms with E-state index in [2.05, 4.69) is 11.6 Å². The van der Waals surface area contributed by atoms with Gasteiger partial charge in [0.1, 0.15) is 0 Å². The van der Waals surface area contributed by atoms with E-state index in [-0.39, 0.29) is 16.9 Å². The number of hydrogen-bond donors (Lipinski definition) is 2. The second-order valence-electron chi connectivity index (χ2n) is 5.25. The van der Waals surface area contributed by atoms with Crippen LogP contribution in [0, 0.1) is 5.41 Å². The Hall–Kier alpha value is -0.430. The van der Waals surface area contributed by atoms with Crippen LogP contribution in [0.15, 0.2) is 16.3 Å². The smallest absolute Gasteiger partial charge is 0.241 e. The standard InChI is InChI=1S/C12H19NO3S2/c1-12(4-2-3-5-12)9-13-18(15,16)11-6-10(7-14)17-8-11/h6,8,13-14H,2-5,7,9H2,1H3. The van der Waals surface area contributed by atoms with Crippen molar-refractivity contribution in [3.05, 3.63) is 16.3 Å². The fraction of sp³-hybridized carbons (Fsp3) is 0.667. The van der Waals surface area contributed by atoms with Gasteiger partial charge >= 0.3 is 0 Å². The first kappa shape index (κ1) is 14.0. The first-order chi connectivity index (χ1) is 8.45. The number of nitrogens with one attached hydrogen (secondary N) is 1. The lowest BCUT2D eigenvalue weighted by Crippen LogP contribution is -2.33. The van der Waals surface area contributed by atoms with Crippen LogP contribution in [-0.2, 0) is 16.6 Å². The molecule has 2 rings (SSSR count). The molecule has 18 heavy (non-hydrogen) atoms. The zero-order chi connectivity index (χ0) is 13.2. The number of aliphatic hydroxyl groups excluding tert-OH is 1. The highest BCUT2D eigenvalue weighted by Gasteiger charge is 2.30. The predicted octanol–water partition coefficient (Wildman–Crippen LogP) is 2.10. The van der Waals surface area contributed by atoms with Crippen molar-refractivity contribution in [2.45, 2.75) is 44.1 Å². The summed E-state index contributed by atoms with van der Waals surface area (Å²) >= 11 is 1.26. The summed E-state index contributed by atoms with van der Waals surface area (Å²) < 4.78 is 26.8. The van der Waals surface area contributed by atoms with Gasteiger partial charge in [-0.05, 0) is 24.3 Å². The molecule has 6 heteroatoms. The molecule has 0 bridgehead atoms. The SMILES string of the molecule is CC1(CNS(=O)(=O)c2csc(CO)c2)CCCC1. The molecule has 1 aromatic heterocycles. The molecule has 1 heterocycles. The molecule has 102 valence electrons. The van der Waals surface area contributed by atoms with Gasteiger partial charge in [-0.15, -0.1) is 11.3 Å². The normalized spacial score (nSPS) is 19.2. The van der Waals surface area contributed by atoms with Gasteiger partial charge in [-0.25, -0.2) is 13.1 Å². The summed E-state index contributed by atoms with van der Waals surface area (Å²) in [6.07, 6.45) is 4.54. The molecule has 1 aliphatic carbocycles. The van der Waals surface area contributed by atoms with Gasteiger partial charge < -0.3 is 5.11 Å². The first-order valence-electron chi connectivity index (χ1n) is 6.13. The van der Waals surface area contributed by atoms with Crippen LogP contribution in [0.2, 0.25) is 0 Å². The molecular formula is C12H19NO3S2. The van der Waals surface area contributed by atoms with Crippen molar-refractivity contribution in [1.29, 1.82) is 0 Å². The molecule has 1 fully saturated rings. The highest BCUT2D eigenvalue weighted by Crippen LogP contribution is 2.37. The van der Waals surface area contributed by atoms with E-state index >= 15 is 0 Å². The molecule has 0 aromatic carbocycles. The van der Waals surface area contributed by atoms with Crippen molar-refractivity contribution >= 4 is 21.4 Å². The third-order valence-electron chi connectivity index (χ3n) is 3.60. The maximum atomic E-state index is 12.1. The van der Waals surface area contributed by atoms with E-state index < -0.39 is 10.0 Å². The minimum absolute atomic E-state index is 0.100. The van der Waals surface area contributed by atoms with Gasteiger partial charge in [-0.3, -0.25) is 0 Å². The van der Waals surface area contributed by atoms with Crippen LogP contribution in [0.4, 0.5) is 0 Å². The van der Waals surface area contributed by atoms with Crippen molar-refractivity contribution in [3.63, 3.8) is 0 Å². The van der Waals surface area contributed by atoms with Crippen LogP contribution in [0.5, 0.6) is 0 Å². The summed E-state index contributed by atoms with van der Waals surface area (Å²) in [5, 5.41) is 10.5. The average molecular weight is 289 g/mol. The maximum absolute atomic E-state index is 12.1. The van der Waals surface area contributed by atoms with Crippen LogP contribution in [0.1, 0.15) is 37.5 Å². The number of hydrogen-bond acceptors (Lipinski definition) is 4. The van der Waals surface area contributed by atoms with Gasteiger partial charge in [-0.2, -0.15) is 0 Å². The molecule has 4 nitrogen and oxygen atoms in total. The van der Waals surface area contributed by atoms with E-state index in [1.807, 2.05) is 0 Å². The van der Waals surface area contributed by atoms with Gasteiger partial charge in [0.15, 0.2) is 0 Å². The van der Waals surface area contributed by atoms with Crippen LogP contribution in [-0.4, -0.2) is 20.1 Å². The van der Waals surface area contributed by atoms with Crippen molar-refractivity contribution in [2.24, 2.45) is 5.41 Å². The molecular weight excluding hydrogens is 270 g/mol. The molecule has 1 aliphatic rings. The van der Waals surface area contributed by atoms with Crippen molar-refractivity contribution in [2.75, 3.05) is 6.54 Å². The lowest BCUT2D eigenvalue weighted by atomic mass is 9.89. The molecule has 1 saturated carbocycles. The summed E-state index contributed by atoms with van der Waals surface area (Å²) in [5.41, 5.74) is 0.100. The number of thiophene rings is 1. The molecule has 2 N–H and O–H groups in total. The maximum Gasteiger partial charge on any atom is 0.241 e. The highest BCUT2D eigenvalue weighted by molar-refractivity contribution is 7.89. The summed E-state index contributed by atoms with van der Waals surface area (Å²) in [6.45, 7) is 2.52. The molecule has 1 aromatic rings. The third kappa shape index (κ3) is 3.12. The topological polar surface area (TPSA) is 66.4 Å². The van der Waals surface area contributed by atoms with Gasteiger partial charge in [0, 0.05) is 16.8 Å². The predicted molar refractivity (Wildman–Crippen MR) is 72.0 cm³/mol. The van der Waals surface area contributed by atoms with E-state index in [0.29, 0.717) is 11.4 Å². The van der Waals surface area contributed by atoms with Gasteiger partial charge in [-0.1, -0.05) is 19.8 Å². The third-order valence-corrected chi connectivity index (χ3v) is 6.05. The summed E-state index contributed by atoms with van der Waals surface area (Å²) in [7, 11) is -3.43. The van der Waals surface area contributed by atoms with E-state index in [1.54, 1.807) is 5.38 Å². The minimum Gasteiger partial charge on any atom is -0.391 e. The van der Waals surface area contributed by atoms with Gasteiger partial charge in [0.05, 0.1) is 11.5 Å². The van der Waals surface area contributed by atoms with Crippen LogP contribution in [0.3, 0.4) is 0 Å². The van der Waals surface area contributed by atoms with E-state index in [0.717, 1.165) is 12.8 Å². The monoisotopic (exact) mass is 289 g/mol. The Morgan fingerprint density at radius 3 is 2.67 bits per heavy atom. The van der Waals surface area contributed by atoms with E-state index in [9.17, 15) is 8.42 Å². The van der Waals surface area contributed by atoms with Crippen molar-refractivity contribution in [3.8, 4) is 0 Å². The van der Waals surface area contributed by atoms with E-state index in [4.69, 9.17) is 5.11 Å². The Labute approximate surface area is 112 Å². The second kappa shape index (κ2) is 5.28. The molecule has 0 saturated heterocycles. The van der Waals surface area contributed by atoms with Gasteiger partial charge in [0.25, 0.3) is 0 Å². The zero-order valence-electron chi connectivity index (χ0n) is 10.5. The van der Waals surface area contributed by atoms with Gasteiger partial charge in [0.2, 0.25) is 10.0 Å². The average Bonchev–Trinajstić information content (AvgIpc) is 2.96. The quantitative estimate of drug-likeness (QED) is 0.872. The summed E-state index contributed by atoms with van der Waals surface area (Å²) in [6, 6.07) is 1.53. The Kier molecular flexibility index (Phi) is 4.11. The Bertz CT molecular complexity index is 501. The molecule has 0 amide bonds.